The van der Waals surface area contributed by atoms with Gasteiger partial charge in [0.05, 0.1) is 11.7 Å². The minimum atomic E-state index is -3.36. The first-order chi connectivity index (χ1) is 16.5. The van der Waals surface area contributed by atoms with Gasteiger partial charge in [-0.3, -0.25) is 9.69 Å². The first-order valence-corrected chi connectivity index (χ1v) is 14.2. The third-order valence-corrected chi connectivity index (χ3v) is 8.84. The number of benzene rings is 2. The van der Waals surface area contributed by atoms with E-state index in [-0.39, 0.29) is 24.1 Å². The van der Waals surface area contributed by atoms with Gasteiger partial charge in [0.15, 0.2) is 0 Å². The summed E-state index contributed by atoms with van der Waals surface area (Å²) in [5.74, 6) is -0.209. The Morgan fingerprint density at radius 3 is 2.44 bits per heavy atom. The van der Waals surface area contributed by atoms with E-state index in [9.17, 15) is 13.2 Å². The summed E-state index contributed by atoms with van der Waals surface area (Å²) in [4.78, 5) is 15.3. The van der Waals surface area contributed by atoms with Crippen molar-refractivity contribution in [2.75, 3.05) is 31.9 Å². The molecule has 0 unspecified atom stereocenters. The molecule has 2 fully saturated rings. The molecule has 184 valence electrons. The lowest BCUT2D eigenvalue weighted by Gasteiger charge is -2.31. The lowest BCUT2D eigenvalue weighted by atomic mass is 9.98. The predicted octanol–water partition coefficient (Wildman–Crippen LogP) is 3.57. The third kappa shape index (κ3) is 7.14. The summed E-state index contributed by atoms with van der Waals surface area (Å²) < 4.78 is 27.3. The monoisotopic (exact) mass is 483 g/mol. The van der Waals surface area contributed by atoms with Crippen LogP contribution in [0.4, 0.5) is 0 Å². The van der Waals surface area contributed by atoms with Gasteiger partial charge in [-0.25, -0.2) is 12.7 Å². The van der Waals surface area contributed by atoms with Crippen LogP contribution in [0.25, 0.3) is 0 Å². The number of likely N-dealkylation sites (tertiary alicyclic amines) is 1. The minimum Gasteiger partial charge on any atom is -0.352 e. The maximum absolute atomic E-state index is 12.9. The summed E-state index contributed by atoms with van der Waals surface area (Å²) in [5, 5.41) is 3.05. The number of hydrogen-bond donors (Lipinski definition) is 1. The first-order valence-electron chi connectivity index (χ1n) is 12.6. The molecule has 0 aliphatic carbocycles. The topological polar surface area (TPSA) is 69.7 Å². The lowest BCUT2D eigenvalue weighted by Crippen LogP contribution is -2.46. The number of piperidine rings is 1. The molecule has 7 heteroatoms. The number of sulfonamides is 1. The molecule has 2 saturated heterocycles. The SMILES string of the molecule is O=C(NCc1cccc(CN2CCCC2)c1)[C@H]1CCCN(S(=O)(=O)CCCc2ccccc2)C1. The van der Waals surface area contributed by atoms with Crippen LogP contribution >= 0.6 is 0 Å². The van der Waals surface area contributed by atoms with Gasteiger partial charge in [0, 0.05) is 26.2 Å². The Morgan fingerprint density at radius 1 is 0.912 bits per heavy atom. The standard InChI is InChI=1S/C27H37N3O3S/c31-27(28-20-24-11-6-12-25(19-24)21-29-15-4-5-16-29)26-14-7-17-30(22-26)34(32,33)18-8-13-23-9-2-1-3-10-23/h1-3,6,9-12,19,26H,4-5,7-8,13-18,20-22H2,(H,28,31)/t26-/m0/s1. The molecule has 2 heterocycles. The fourth-order valence-electron chi connectivity index (χ4n) is 5.01. The number of nitrogens with one attached hydrogen (secondary N) is 1. The predicted molar refractivity (Wildman–Crippen MR) is 136 cm³/mol. The summed E-state index contributed by atoms with van der Waals surface area (Å²) in [6.45, 7) is 4.56. The van der Waals surface area contributed by atoms with Crippen LogP contribution in [0, 0.1) is 5.92 Å². The fraction of sp³-hybridized carbons (Fsp3) is 0.519. The summed E-state index contributed by atoms with van der Waals surface area (Å²) >= 11 is 0. The van der Waals surface area contributed by atoms with E-state index in [2.05, 4.69) is 28.4 Å². The van der Waals surface area contributed by atoms with Gasteiger partial charge in [0.1, 0.15) is 0 Å². The lowest BCUT2D eigenvalue weighted by molar-refractivity contribution is -0.126. The Morgan fingerprint density at radius 2 is 1.65 bits per heavy atom. The van der Waals surface area contributed by atoms with E-state index in [1.165, 1.54) is 22.7 Å². The molecular formula is C27H37N3O3S. The Hall–Kier alpha value is -2.22. The second kappa shape index (κ2) is 12.0. The van der Waals surface area contributed by atoms with Crippen molar-refractivity contribution in [3.63, 3.8) is 0 Å². The maximum Gasteiger partial charge on any atom is 0.224 e. The van der Waals surface area contributed by atoms with Gasteiger partial charge in [-0.1, -0.05) is 54.6 Å². The fourth-order valence-corrected chi connectivity index (χ4v) is 6.59. The summed E-state index contributed by atoms with van der Waals surface area (Å²) in [7, 11) is -3.36. The number of carbonyl (C=O) groups excluding carboxylic acids is 1. The van der Waals surface area contributed by atoms with Crippen molar-refractivity contribution in [1.29, 1.82) is 0 Å². The Balaban J connectivity index is 1.25. The smallest absolute Gasteiger partial charge is 0.224 e. The number of aryl methyl sites for hydroxylation is 1. The molecule has 1 amide bonds. The molecule has 2 aliphatic rings. The number of amides is 1. The quantitative estimate of drug-likeness (QED) is 0.561. The van der Waals surface area contributed by atoms with E-state index in [1.807, 2.05) is 36.4 Å². The highest BCUT2D eigenvalue weighted by Crippen LogP contribution is 2.21. The van der Waals surface area contributed by atoms with Crippen LogP contribution < -0.4 is 5.32 Å². The van der Waals surface area contributed by atoms with Crippen LogP contribution in [-0.2, 0) is 34.3 Å². The number of hydrogen-bond acceptors (Lipinski definition) is 4. The molecule has 1 N–H and O–H groups in total. The van der Waals surface area contributed by atoms with Crippen LogP contribution in [-0.4, -0.2) is 55.5 Å². The molecule has 0 spiro atoms. The molecule has 0 saturated carbocycles. The molecular weight excluding hydrogens is 446 g/mol. The maximum atomic E-state index is 12.9. The number of carbonyl (C=O) groups is 1. The van der Waals surface area contributed by atoms with Gasteiger partial charge >= 0.3 is 0 Å². The van der Waals surface area contributed by atoms with Gasteiger partial charge < -0.3 is 5.32 Å². The zero-order valence-corrected chi connectivity index (χ0v) is 20.8. The molecule has 0 radical (unpaired) electrons. The van der Waals surface area contributed by atoms with Crippen molar-refractivity contribution in [3.05, 3.63) is 71.3 Å². The highest BCUT2D eigenvalue weighted by Gasteiger charge is 2.32. The minimum absolute atomic E-state index is 0.0471. The van der Waals surface area contributed by atoms with Crippen LogP contribution in [0.15, 0.2) is 54.6 Å². The Kier molecular flexibility index (Phi) is 8.75. The number of nitrogens with zero attached hydrogens (tertiary/aromatic N) is 2. The van der Waals surface area contributed by atoms with E-state index in [4.69, 9.17) is 0 Å². The molecule has 2 aromatic carbocycles. The van der Waals surface area contributed by atoms with Crippen molar-refractivity contribution < 1.29 is 13.2 Å². The zero-order chi connectivity index (χ0) is 23.8. The van der Waals surface area contributed by atoms with E-state index < -0.39 is 10.0 Å². The van der Waals surface area contributed by atoms with Crippen molar-refractivity contribution in [1.82, 2.24) is 14.5 Å². The van der Waals surface area contributed by atoms with E-state index in [1.54, 1.807) is 0 Å². The van der Waals surface area contributed by atoms with Crippen molar-refractivity contribution >= 4 is 15.9 Å². The average molecular weight is 484 g/mol. The molecule has 2 aliphatic heterocycles. The number of rotatable bonds is 10. The van der Waals surface area contributed by atoms with Gasteiger partial charge in [-0.2, -0.15) is 0 Å². The Labute approximate surface area is 204 Å². The summed E-state index contributed by atoms with van der Waals surface area (Å²) in [6, 6.07) is 18.4. The van der Waals surface area contributed by atoms with Gasteiger partial charge in [0.2, 0.25) is 15.9 Å². The van der Waals surface area contributed by atoms with Gasteiger partial charge in [-0.15, -0.1) is 0 Å². The van der Waals surface area contributed by atoms with Gasteiger partial charge in [0.25, 0.3) is 0 Å². The van der Waals surface area contributed by atoms with Crippen LogP contribution in [0.3, 0.4) is 0 Å². The molecule has 34 heavy (non-hydrogen) atoms. The third-order valence-electron chi connectivity index (χ3n) is 6.92. The molecule has 6 nitrogen and oxygen atoms in total. The zero-order valence-electron chi connectivity index (χ0n) is 20.0. The molecule has 0 aromatic heterocycles. The van der Waals surface area contributed by atoms with E-state index in [0.717, 1.165) is 50.0 Å². The second-order valence-electron chi connectivity index (χ2n) is 9.62. The van der Waals surface area contributed by atoms with Crippen LogP contribution in [0.5, 0.6) is 0 Å². The van der Waals surface area contributed by atoms with Crippen LogP contribution in [0.2, 0.25) is 0 Å². The summed E-state index contributed by atoms with van der Waals surface area (Å²) in [6.07, 6.45) is 5.34. The van der Waals surface area contributed by atoms with Gasteiger partial charge in [-0.05, 0) is 68.3 Å². The molecule has 0 bridgehead atoms. The molecule has 2 aromatic rings. The average Bonchev–Trinajstić information content (AvgIpc) is 3.36. The van der Waals surface area contributed by atoms with E-state index >= 15 is 0 Å². The van der Waals surface area contributed by atoms with Crippen LogP contribution in [0.1, 0.15) is 48.8 Å². The highest BCUT2D eigenvalue weighted by atomic mass is 32.2. The summed E-state index contributed by atoms with van der Waals surface area (Å²) in [5.41, 5.74) is 3.52. The van der Waals surface area contributed by atoms with Crippen molar-refractivity contribution in [3.8, 4) is 0 Å². The largest absolute Gasteiger partial charge is 0.352 e. The first kappa shape index (κ1) is 24.9. The molecule has 1 atom stereocenters. The molecule has 4 rings (SSSR count). The second-order valence-corrected chi connectivity index (χ2v) is 11.7. The Bertz CT molecular complexity index is 1040. The highest BCUT2D eigenvalue weighted by molar-refractivity contribution is 7.89. The van der Waals surface area contributed by atoms with E-state index in [0.29, 0.717) is 19.5 Å². The van der Waals surface area contributed by atoms with Crippen molar-refractivity contribution in [2.24, 2.45) is 5.92 Å². The normalized spacial score (nSPS) is 19.8. The van der Waals surface area contributed by atoms with Crippen molar-refractivity contribution in [2.45, 2.75) is 51.6 Å².